The SMILES string of the molecule is CCCC(C)OC(=O)c1ccc(C)cn1. The zero-order valence-electron chi connectivity index (χ0n) is 9.49. The molecule has 1 heterocycles. The Morgan fingerprint density at radius 3 is 2.80 bits per heavy atom. The van der Waals surface area contributed by atoms with Gasteiger partial charge in [-0.1, -0.05) is 19.4 Å². The normalized spacial score (nSPS) is 12.2. The number of aromatic nitrogens is 1. The van der Waals surface area contributed by atoms with E-state index in [1.54, 1.807) is 12.3 Å². The first-order chi connectivity index (χ1) is 7.13. The fourth-order valence-electron chi connectivity index (χ4n) is 1.30. The predicted octanol–water partition coefficient (Wildman–Crippen LogP) is 2.74. The average molecular weight is 207 g/mol. The molecule has 0 fully saturated rings. The smallest absolute Gasteiger partial charge is 0.357 e. The summed E-state index contributed by atoms with van der Waals surface area (Å²) in [7, 11) is 0. The van der Waals surface area contributed by atoms with Crippen molar-refractivity contribution in [3.05, 3.63) is 29.6 Å². The molecule has 3 nitrogen and oxygen atoms in total. The number of rotatable bonds is 4. The average Bonchev–Trinajstić information content (AvgIpc) is 2.18. The molecule has 0 aromatic carbocycles. The van der Waals surface area contributed by atoms with Gasteiger partial charge < -0.3 is 4.74 Å². The molecule has 1 aromatic rings. The lowest BCUT2D eigenvalue weighted by atomic mass is 10.2. The van der Waals surface area contributed by atoms with E-state index in [-0.39, 0.29) is 12.1 Å². The van der Waals surface area contributed by atoms with Crippen molar-refractivity contribution >= 4 is 5.97 Å². The second kappa shape index (κ2) is 5.49. The zero-order chi connectivity index (χ0) is 11.3. The second-order valence-electron chi connectivity index (χ2n) is 3.73. The van der Waals surface area contributed by atoms with Crippen LogP contribution < -0.4 is 0 Å². The molecule has 3 heteroatoms. The quantitative estimate of drug-likeness (QED) is 0.712. The Kier molecular flexibility index (Phi) is 4.28. The van der Waals surface area contributed by atoms with Crippen LogP contribution >= 0.6 is 0 Å². The van der Waals surface area contributed by atoms with Crippen LogP contribution in [0.25, 0.3) is 0 Å². The Morgan fingerprint density at radius 1 is 1.53 bits per heavy atom. The number of pyridine rings is 1. The van der Waals surface area contributed by atoms with Gasteiger partial charge in [-0.05, 0) is 31.9 Å². The maximum atomic E-state index is 11.6. The molecule has 15 heavy (non-hydrogen) atoms. The number of carbonyl (C=O) groups excluding carboxylic acids is 1. The maximum Gasteiger partial charge on any atom is 0.357 e. The monoisotopic (exact) mass is 207 g/mol. The van der Waals surface area contributed by atoms with Crippen molar-refractivity contribution in [1.82, 2.24) is 4.98 Å². The summed E-state index contributed by atoms with van der Waals surface area (Å²) in [5.74, 6) is -0.337. The maximum absolute atomic E-state index is 11.6. The van der Waals surface area contributed by atoms with E-state index in [1.165, 1.54) is 0 Å². The number of hydrogen-bond acceptors (Lipinski definition) is 3. The van der Waals surface area contributed by atoms with E-state index in [0.717, 1.165) is 18.4 Å². The van der Waals surface area contributed by atoms with Crippen molar-refractivity contribution in [2.45, 2.75) is 39.7 Å². The Bertz CT molecular complexity index is 319. The Morgan fingerprint density at radius 2 is 2.27 bits per heavy atom. The van der Waals surface area contributed by atoms with Crippen molar-refractivity contribution in [3.63, 3.8) is 0 Å². The molecule has 82 valence electrons. The molecule has 0 aliphatic heterocycles. The summed E-state index contributed by atoms with van der Waals surface area (Å²) < 4.78 is 5.22. The Labute approximate surface area is 90.5 Å². The molecular formula is C12H17NO2. The van der Waals surface area contributed by atoms with Crippen LogP contribution in [0.1, 0.15) is 42.7 Å². The molecule has 0 radical (unpaired) electrons. The highest BCUT2D eigenvalue weighted by Crippen LogP contribution is 2.06. The van der Waals surface area contributed by atoms with E-state index in [0.29, 0.717) is 5.69 Å². The molecule has 0 spiro atoms. The lowest BCUT2D eigenvalue weighted by Crippen LogP contribution is -2.15. The lowest BCUT2D eigenvalue weighted by molar-refractivity contribution is 0.0316. The molecule has 1 aromatic heterocycles. The van der Waals surface area contributed by atoms with Crippen molar-refractivity contribution in [2.24, 2.45) is 0 Å². The molecule has 0 amide bonds. The van der Waals surface area contributed by atoms with E-state index >= 15 is 0 Å². The number of ether oxygens (including phenoxy) is 1. The first kappa shape index (κ1) is 11.7. The van der Waals surface area contributed by atoms with E-state index in [1.807, 2.05) is 19.9 Å². The van der Waals surface area contributed by atoms with Crippen LogP contribution in [0, 0.1) is 6.92 Å². The summed E-state index contributed by atoms with van der Waals surface area (Å²) >= 11 is 0. The fraction of sp³-hybridized carbons (Fsp3) is 0.500. The summed E-state index contributed by atoms with van der Waals surface area (Å²) in [6, 6.07) is 3.55. The molecule has 1 unspecified atom stereocenters. The first-order valence-electron chi connectivity index (χ1n) is 5.27. The van der Waals surface area contributed by atoms with Gasteiger partial charge in [0.05, 0.1) is 6.10 Å². The molecule has 1 rings (SSSR count). The molecular weight excluding hydrogens is 190 g/mol. The van der Waals surface area contributed by atoms with Gasteiger partial charge in [-0.3, -0.25) is 0 Å². The van der Waals surface area contributed by atoms with Gasteiger partial charge in [0.2, 0.25) is 0 Å². The third-order valence-electron chi connectivity index (χ3n) is 2.12. The molecule has 0 aliphatic rings. The van der Waals surface area contributed by atoms with E-state index in [2.05, 4.69) is 11.9 Å². The molecule has 0 saturated heterocycles. The van der Waals surface area contributed by atoms with Gasteiger partial charge in [0.1, 0.15) is 5.69 Å². The third-order valence-corrected chi connectivity index (χ3v) is 2.12. The van der Waals surface area contributed by atoms with Crippen LogP contribution in [0.3, 0.4) is 0 Å². The Hall–Kier alpha value is -1.38. The van der Waals surface area contributed by atoms with Crippen LogP contribution in [0.5, 0.6) is 0 Å². The number of nitrogens with zero attached hydrogens (tertiary/aromatic N) is 1. The number of carbonyl (C=O) groups is 1. The van der Waals surface area contributed by atoms with Crippen LogP contribution in [0.4, 0.5) is 0 Å². The zero-order valence-corrected chi connectivity index (χ0v) is 9.49. The van der Waals surface area contributed by atoms with Gasteiger partial charge in [0.15, 0.2) is 0 Å². The number of hydrogen-bond donors (Lipinski definition) is 0. The van der Waals surface area contributed by atoms with Gasteiger partial charge in [-0.15, -0.1) is 0 Å². The van der Waals surface area contributed by atoms with Gasteiger partial charge >= 0.3 is 5.97 Å². The summed E-state index contributed by atoms with van der Waals surface area (Å²) in [6.45, 7) is 5.89. The molecule has 0 N–H and O–H groups in total. The standard InChI is InChI=1S/C12H17NO2/c1-4-5-10(3)15-12(14)11-7-6-9(2)8-13-11/h6-8,10H,4-5H2,1-3H3. The minimum absolute atomic E-state index is 0.0365. The molecule has 0 aliphatic carbocycles. The third kappa shape index (κ3) is 3.70. The summed E-state index contributed by atoms with van der Waals surface area (Å²) in [5, 5.41) is 0. The van der Waals surface area contributed by atoms with Crippen molar-refractivity contribution in [3.8, 4) is 0 Å². The van der Waals surface area contributed by atoms with Gasteiger partial charge in [-0.2, -0.15) is 0 Å². The van der Waals surface area contributed by atoms with Gasteiger partial charge in [0, 0.05) is 6.20 Å². The predicted molar refractivity (Wildman–Crippen MR) is 58.8 cm³/mol. The topological polar surface area (TPSA) is 39.2 Å². The summed E-state index contributed by atoms with van der Waals surface area (Å²) in [4.78, 5) is 15.6. The molecule has 1 atom stereocenters. The highest BCUT2D eigenvalue weighted by Gasteiger charge is 2.11. The number of aryl methyl sites for hydroxylation is 1. The minimum Gasteiger partial charge on any atom is -0.458 e. The van der Waals surface area contributed by atoms with Crippen LogP contribution in [0.2, 0.25) is 0 Å². The summed E-state index contributed by atoms with van der Waals surface area (Å²) in [5.41, 5.74) is 1.41. The van der Waals surface area contributed by atoms with E-state index in [4.69, 9.17) is 4.74 Å². The van der Waals surface area contributed by atoms with Gasteiger partial charge in [0.25, 0.3) is 0 Å². The van der Waals surface area contributed by atoms with Crippen molar-refractivity contribution in [2.75, 3.05) is 0 Å². The highest BCUT2D eigenvalue weighted by atomic mass is 16.5. The fourth-order valence-corrected chi connectivity index (χ4v) is 1.30. The van der Waals surface area contributed by atoms with Crippen LogP contribution in [-0.4, -0.2) is 17.1 Å². The number of esters is 1. The van der Waals surface area contributed by atoms with E-state index in [9.17, 15) is 4.79 Å². The van der Waals surface area contributed by atoms with Crippen molar-refractivity contribution < 1.29 is 9.53 Å². The van der Waals surface area contributed by atoms with Crippen LogP contribution in [0.15, 0.2) is 18.3 Å². The molecule has 0 bridgehead atoms. The largest absolute Gasteiger partial charge is 0.458 e. The Balaban J connectivity index is 2.57. The van der Waals surface area contributed by atoms with E-state index < -0.39 is 0 Å². The van der Waals surface area contributed by atoms with Gasteiger partial charge in [-0.25, -0.2) is 9.78 Å². The summed E-state index contributed by atoms with van der Waals surface area (Å²) in [6.07, 6.45) is 3.53. The first-order valence-corrected chi connectivity index (χ1v) is 5.27. The lowest BCUT2D eigenvalue weighted by Gasteiger charge is -2.11. The highest BCUT2D eigenvalue weighted by molar-refractivity contribution is 5.87. The van der Waals surface area contributed by atoms with Crippen molar-refractivity contribution in [1.29, 1.82) is 0 Å². The van der Waals surface area contributed by atoms with Crippen LogP contribution in [-0.2, 0) is 4.74 Å². The molecule has 0 saturated carbocycles. The minimum atomic E-state index is -0.337. The second-order valence-corrected chi connectivity index (χ2v) is 3.73.